The largest absolute Gasteiger partial charge is 0.489 e. The van der Waals surface area contributed by atoms with Gasteiger partial charge < -0.3 is 14.8 Å². The van der Waals surface area contributed by atoms with E-state index in [0.29, 0.717) is 11.8 Å². The summed E-state index contributed by atoms with van der Waals surface area (Å²) in [5, 5.41) is 3.44. The second-order valence-corrected chi connectivity index (χ2v) is 6.91. The van der Waals surface area contributed by atoms with Gasteiger partial charge in [-0.2, -0.15) is 0 Å². The van der Waals surface area contributed by atoms with Crippen molar-refractivity contribution in [3.05, 3.63) is 56.2 Å². The third-order valence-corrected chi connectivity index (χ3v) is 4.98. The number of ether oxygens (including phenoxy) is 2. The molecular formula is C18H20INO2S. The van der Waals surface area contributed by atoms with E-state index in [4.69, 9.17) is 21.7 Å². The zero-order valence-corrected chi connectivity index (χ0v) is 16.7. The molecule has 2 aromatic rings. The van der Waals surface area contributed by atoms with E-state index >= 15 is 0 Å². The van der Waals surface area contributed by atoms with Gasteiger partial charge >= 0.3 is 0 Å². The molecule has 0 aromatic heterocycles. The van der Waals surface area contributed by atoms with Crippen LogP contribution in [0.1, 0.15) is 22.3 Å². The van der Waals surface area contributed by atoms with Gasteiger partial charge in [-0.1, -0.05) is 12.1 Å². The first-order chi connectivity index (χ1) is 10.9. The van der Waals surface area contributed by atoms with E-state index in [1.54, 1.807) is 7.11 Å². The summed E-state index contributed by atoms with van der Waals surface area (Å²) < 4.78 is 12.2. The molecule has 0 unspecified atom stereocenters. The Bertz CT molecular complexity index is 731. The highest BCUT2D eigenvalue weighted by atomic mass is 127. The Morgan fingerprint density at radius 3 is 2.52 bits per heavy atom. The molecule has 23 heavy (non-hydrogen) atoms. The average molecular weight is 441 g/mol. The van der Waals surface area contributed by atoms with Crippen molar-refractivity contribution in [1.82, 2.24) is 0 Å². The Kier molecular flexibility index (Phi) is 6.24. The third kappa shape index (κ3) is 4.57. The summed E-state index contributed by atoms with van der Waals surface area (Å²) in [6.07, 6.45) is 0. The Morgan fingerprint density at radius 1 is 1.13 bits per heavy atom. The van der Waals surface area contributed by atoms with Crippen LogP contribution in [0.2, 0.25) is 0 Å². The van der Waals surface area contributed by atoms with Crippen molar-refractivity contribution in [2.75, 3.05) is 12.4 Å². The van der Waals surface area contributed by atoms with Crippen molar-refractivity contribution in [1.29, 1.82) is 0 Å². The van der Waals surface area contributed by atoms with Crippen molar-refractivity contribution in [2.45, 2.75) is 27.4 Å². The fourth-order valence-corrected chi connectivity index (χ4v) is 2.99. The highest BCUT2D eigenvalue weighted by Crippen LogP contribution is 2.27. The maximum atomic E-state index is 6.07. The fraction of sp³-hybridized carbons (Fsp3) is 0.278. The van der Waals surface area contributed by atoms with Crippen LogP contribution in [0.5, 0.6) is 5.75 Å². The number of aryl methyl sites for hydroxylation is 3. The molecular weight excluding hydrogens is 421 g/mol. The summed E-state index contributed by atoms with van der Waals surface area (Å²) >= 11 is 7.40. The van der Waals surface area contributed by atoms with Crippen LogP contribution in [0.25, 0.3) is 0 Å². The molecule has 0 aliphatic rings. The predicted molar refractivity (Wildman–Crippen MR) is 107 cm³/mol. The van der Waals surface area contributed by atoms with Gasteiger partial charge in [0.2, 0.25) is 0 Å². The lowest BCUT2D eigenvalue weighted by Gasteiger charge is -2.16. The Labute approximate surface area is 156 Å². The van der Waals surface area contributed by atoms with E-state index in [1.807, 2.05) is 18.2 Å². The molecule has 0 saturated heterocycles. The number of anilines is 1. The Balaban J connectivity index is 2.23. The van der Waals surface area contributed by atoms with Gasteiger partial charge in [0.05, 0.1) is 7.11 Å². The quantitative estimate of drug-likeness (QED) is 0.526. The van der Waals surface area contributed by atoms with E-state index in [-0.39, 0.29) is 0 Å². The zero-order chi connectivity index (χ0) is 17.0. The normalized spacial score (nSPS) is 10.3. The van der Waals surface area contributed by atoms with Gasteiger partial charge in [-0.3, -0.25) is 0 Å². The lowest BCUT2D eigenvalue weighted by atomic mass is 10.1. The molecule has 5 heteroatoms. The molecule has 0 fully saturated rings. The average Bonchev–Trinajstić information content (AvgIpc) is 2.51. The van der Waals surface area contributed by atoms with Crippen LogP contribution in [-0.4, -0.2) is 12.3 Å². The van der Waals surface area contributed by atoms with E-state index in [1.165, 1.54) is 11.1 Å². The number of hydrogen-bond acceptors (Lipinski definition) is 3. The topological polar surface area (TPSA) is 30.5 Å². The standard InChI is InChI=1S/C18H20INO2S/c1-11-8-13(3)17(9-12(11)2)22-10-14-15(19)6-5-7-16(14)20-18(23)21-4/h5-9H,10H2,1-4H3,(H,20,23). The minimum atomic E-state index is 0.343. The van der Waals surface area contributed by atoms with Gasteiger partial charge in [0.15, 0.2) is 0 Å². The van der Waals surface area contributed by atoms with Crippen LogP contribution in [0.3, 0.4) is 0 Å². The summed E-state index contributed by atoms with van der Waals surface area (Å²) in [6, 6.07) is 10.2. The van der Waals surface area contributed by atoms with Crippen molar-refractivity contribution in [2.24, 2.45) is 0 Å². The SMILES string of the molecule is COC(=S)Nc1cccc(I)c1COc1cc(C)c(C)cc1C. The lowest BCUT2D eigenvalue weighted by Crippen LogP contribution is -2.13. The molecule has 0 saturated carbocycles. The van der Waals surface area contributed by atoms with E-state index in [0.717, 1.165) is 26.1 Å². The minimum absolute atomic E-state index is 0.343. The van der Waals surface area contributed by atoms with Crippen LogP contribution in [-0.2, 0) is 11.3 Å². The maximum absolute atomic E-state index is 6.07. The summed E-state index contributed by atoms with van der Waals surface area (Å²) in [4.78, 5) is 0. The van der Waals surface area contributed by atoms with Crippen molar-refractivity contribution < 1.29 is 9.47 Å². The number of rotatable bonds is 4. The zero-order valence-electron chi connectivity index (χ0n) is 13.7. The predicted octanol–water partition coefficient (Wildman–Crippen LogP) is 5.14. The van der Waals surface area contributed by atoms with Crippen LogP contribution in [0.15, 0.2) is 30.3 Å². The first-order valence-electron chi connectivity index (χ1n) is 7.25. The second kappa shape index (κ2) is 7.97. The van der Waals surface area contributed by atoms with Gasteiger partial charge in [-0.15, -0.1) is 0 Å². The number of thiocarbonyl (C=S) groups is 1. The molecule has 2 rings (SSSR count). The van der Waals surface area contributed by atoms with Crippen LogP contribution in [0.4, 0.5) is 5.69 Å². The number of methoxy groups -OCH3 is 1. The maximum Gasteiger partial charge on any atom is 0.260 e. The van der Waals surface area contributed by atoms with E-state index < -0.39 is 0 Å². The monoisotopic (exact) mass is 441 g/mol. The lowest BCUT2D eigenvalue weighted by molar-refractivity contribution is 0.303. The van der Waals surface area contributed by atoms with Crippen molar-refractivity contribution in [3.8, 4) is 5.75 Å². The highest BCUT2D eigenvalue weighted by molar-refractivity contribution is 14.1. The molecule has 2 aromatic carbocycles. The molecule has 0 amide bonds. The molecule has 0 heterocycles. The molecule has 0 spiro atoms. The number of benzene rings is 2. The first kappa shape index (κ1) is 18.0. The minimum Gasteiger partial charge on any atom is -0.489 e. The smallest absolute Gasteiger partial charge is 0.260 e. The van der Waals surface area contributed by atoms with Gasteiger partial charge in [-0.25, -0.2) is 0 Å². The summed E-state index contributed by atoms with van der Waals surface area (Å²) in [7, 11) is 1.55. The molecule has 0 bridgehead atoms. The molecule has 0 aliphatic carbocycles. The summed E-state index contributed by atoms with van der Waals surface area (Å²) in [6.45, 7) is 6.74. The van der Waals surface area contributed by atoms with Crippen molar-refractivity contribution in [3.63, 3.8) is 0 Å². The molecule has 0 aliphatic heterocycles. The van der Waals surface area contributed by atoms with Gasteiger partial charge in [0.25, 0.3) is 5.17 Å². The molecule has 1 N–H and O–H groups in total. The molecule has 0 radical (unpaired) electrons. The first-order valence-corrected chi connectivity index (χ1v) is 8.74. The van der Waals surface area contributed by atoms with E-state index in [2.05, 4.69) is 60.8 Å². The Morgan fingerprint density at radius 2 is 1.83 bits per heavy atom. The number of nitrogens with one attached hydrogen (secondary N) is 1. The summed E-state index contributed by atoms with van der Waals surface area (Å²) in [5.74, 6) is 0.910. The van der Waals surface area contributed by atoms with Crippen LogP contribution in [0, 0.1) is 24.3 Å². The van der Waals surface area contributed by atoms with Gasteiger partial charge in [0.1, 0.15) is 12.4 Å². The highest BCUT2D eigenvalue weighted by Gasteiger charge is 2.11. The molecule has 3 nitrogen and oxygen atoms in total. The van der Waals surface area contributed by atoms with Crippen molar-refractivity contribution >= 4 is 45.7 Å². The Hall–Kier alpha value is -1.34. The van der Waals surface area contributed by atoms with Crippen LogP contribution >= 0.6 is 34.8 Å². The van der Waals surface area contributed by atoms with Crippen LogP contribution < -0.4 is 10.1 Å². The second-order valence-electron chi connectivity index (χ2n) is 5.37. The molecule has 0 atom stereocenters. The van der Waals surface area contributed by atoms with E-state index in [9.17, 15) is 0 Å². The summed E-state index contributed by atoms with van der Waals surface area (Å²) in [5.41, 5.74) is 5.61. The fourth-order valence-electron chi connectivity index (χ4n) is 2.22. The van der Waals surface area contributed by atoms with Gasteiger partial charge in [-0.05, 0) is 90.5 Å². The van der Waals surface area contributed by atoms with Gasteiger partial charge in [0, 0.05) is 14.8 Å². The number of hydrogen-bond donors (Lipinski definition) is 1. The number of halogens is 1. The molecule has 122 valence electrons. The third-order valence-electron chi connectivity index (χ3n) is 3.70.